The molecule has 1 saturated heterocycles. The van der Waals surface area contributed by atoms with E-state index < -0.39 is 5.97 Å². The van der Waals surface area contributed by atoms with Gasteiger partial charge in [-0.2, -0.15) is 0 Å². The molecule has 18 heavy (non-hydrogen) atoms. The van der Waals surface area contributed by atoms with Gasteiger partial charge in [0, 0.05) is 26.4 Å². The molecular weight excluding hydrogens is 256 g/mol. The Morgan fingerprint density at radius 1 is 1.67 bits per heavy atom. The van der Waals surface area contributed by atoms with Gasteiger partial charge in [0.2, 0.25) is 0 Å². The molecule has 1 unspecified atom stereocenters. The van der Waals surface area contributed by atoms with E-state index in [1.165, 1.54) is 12.3 Å². The van der Waals surface area contributed by atoms with Crippen LogP contribution in [0.4, 0.5) is 5.82 Å². The number of piperidine rings is 1. The smallest absolute Gasteiger partial charge is 0.337 e. The molecular formula is C12H15ClN2O3. The van der Waals surface area contributed by atoms with Crippen molar-refractivity contribution < 1.29 is 14.6 Å². The fourth-order valence-corrected chi connectivity index (χ4v) is 2.29. The summed E-state index contributed by atoms with van der Waals surface area (Å²) in [6, 6.07) is 1.52. The minimum atomic E-state index is -1.04. The number of ether oxygens (including phenoxy) is 1. The second-order valence-electron chi connectivity index (χ2n) is 4.27. The van der Waals surface area contributed by atoms with Crippen molar-refractivity contribution in [2.45, 2.75) is 18.9 Å². The van der Waals surface area contributed by atoms with Crippen LogP contribution < -0.4 is 4.90 Å². The molecule has 1 atom stereocenters. The quantitative estimate of drug-likeness (QED) is 0.911. The largest absolute Gasteiger partial charge is 0.478 e. The van der Waals surface area contributed by atoms with Crippen molar-refractivity contribution in [2.24, 2.45) is 0 Å². The summed E-state index contributed by atoms with van der Waals surface area (Å²) in [5.41, 5.74) is 0.0845. The Morgan fingerprint density at radius 3 is 3.11 bits per heavy atom. The van der Waals surface area contributed by atoms with Crippen LogP contribution in [0.1, 0.15) is 23.2 Å². The minimum absolute atomic E-state index is 0.0845. The number of aromatic carboxylic acids is 1. The molecule has 1 aromatic rings. The third-order valence-corrected chi connectivity index (χ3v) is 3.41. The van der Waals surface area contributed by atoms with Crippen molar-refractivity contribution in [1.29, 1.82) is 0 Å². The minimum Gasteiger partial charge on any atom is -0.478 e. The molecule has 1 N–H and O–H groups in total. The molecule has 1 aliphatic rings. The molecule has 0 saturated carbocycles. The first-order valence-corrected chi connectivity index (χ1v) is 6.16. The lowest BCUT2D eigenvalue weighted by Crippen LogP contribution is -2.39. The van der Waals surface area contributed by atoms with E-state index in [0.29, 0.717) is 5.82 Å². The lowest BCUT2D eigenvalue weighted by Gasteiger charge is -2.32. The number of carboxylic acids is 1. The van der Waals surface area contributed by atoms with Gasteiger partial charge in [0.05, 0.1) is 16.7 Å². The molecule has 0 aliphatic carbocycles. The van der Waals surface area contributed by atoms with Gasteiger partial charge in [-0.25, -0.2) is 9.78 Å². The molecule has 2 rings (SSSR count). The highest BCUT2D eigenvalue weighted by Gasteiger charge is 2.22. The normalized spacial score (nSPS) is 19.9. The molecule has 1 fully saturated rings. The summed E-state index contributed by atoms with van der Waals surface area (Å²) < 4.78 is 5.33. The van der Waals surface area contributed by atoms with Crippen molar-refractivity contribution in [3.63, 3.8) is 0 Å². The van der Waals surface area contributed by atoms with E-state index in [1.807, 2.05) is 4.90 Å². The van der Waals surface area contributed by atoms with Crippen LogP contribution in [0.2, 0.25) is 5.02 Å². The van der Waals surface area contributed by atoms with Crippen LogP contribution in [-0.2, 0) is 4.74 Å². The first-order chi connectivity index (χ1) is 8.61. The van der Waals surface area contributed by atoms with Gasteiger partial charge < -0.3 is 14.7 Å². The predicted molar refractivity (Wildman–Crippen MR) is 68.5 cm³/mol. The highest BCUT2D eigenvalue weighted by atomic mass is 35.5. The number of halogens is 1. The number of hydrogen-bond acceptors (Lipinski definition) is 4. The highest BCUT2D eigenvalue weighted by molar-refractivity contribution is 6.33. The number of rotatable bonds is 3. The monoisotopic (exact) mass is 270 g/mol. The highest BCUT2D eigenvalue weighted by Crippen LogP contribution is 2.23. The number of carbonyl (C=O) groups is 1. The van der Waals surface area contributed by atoms with E-state index >= 15 is 0 Å². The Bertz CT molecular complexity index is 453. The maximum Gasteiger partial charge on any atom is 0.337 e. The molecule has 0 bridgehead atoms. The summed E-state index contributed by atoms with van der Waals surface area (Å²) in [5.74, 6) is -0.400. The second-order valence-corrected chi connectivity index (χ2v) is 4.68. The molecule has 6 heteroatoms. The Hall–Kier alpha value is -1.33. The Labute approximate surface area is 110 Å². The van der Waals surface area contributed by atoms with Crippen molar-refractivity contribution in [1.82, 2.24) is 4.98 Å². The van der Waals surface area contributed by atoms with Crippen molar-refractivity contribution >= 4 is 23.4 Å². The van der Waals surface area contributed by atoms with E-state index in [9.17, 15) is 4.79 Å². The summed E-state index contributed by atoms with van der Waals surface area (Å²) in [6.07, 6.45) is 3.58. The second kappa shape index (κ2) is 5.54. The van der Waals surface area contributed by atoms with Crippen molar-refractivity contribution in [3.8, 4) is 0 Å². The number of anilines is 1. The van der Waals surface area contributed by atoms with Crippen LogP contribution in [0.25, 0.3) is 0 Å². The van der Waals surface area contributed by atoms with Gasteiger partial charge in [0.1, 0.15) is 5.82 Å². The summed E-state index contributed by atoms with van der Waals surface area (Å²) in [7, 11) is 1.69. The number of nitrogens with zero attached hydrogens (tertiary/aromatic N) is 2. The predicted octanol–water partition coefficient (Wildman–Crippen LogP) is 2.05. The zero-order valence-electron chi connectivity index (χ0n) is 10.1. The summed E-state index contributed by atoms with van der Waals surface area (Å²) in [5, 5.41) is 9.19. The molecule has 5 nitrogen and oxygen atoms in total. The van der Waals surface area contributed by atoms with E-state index in [-0.39, 0.29) is 16.7 Å². The lowest BCUT2D eigenvalue weighted by molar-refractivity contribution is 0.0697. The van der Waals surface area contributed by atoms with E-state index in [1.54, 1.807) is 7.11 Å². The summed E-state index contributed by atoms with van der Waals surface area (Å²) in [4.78, 5) is 17.2. The maximum atomic E-state index is 11.0. The van der Waals surface area contributed by atoms with Gasteiger partial charge >= 0.3 is 5.97 Å². The van der Waals surface area contributed by atoms with Crippen molar-refractivity contribution in [2.75, 3.05) is 25.1 Å². The van der Waals surface area contributed by atoms with E-state index in [2.05, 4.69) is 4.98 Å². The molecule has 0 aromatic carbocycles. The van der Waals surface area contributed by atoms with Crippen LogP contribution in [-0.4, -0.2) is 42.4 Å². The molecule has 98 valence electrons. The zero-order valence-corrected chi connectivity index (χ0v) is 10.9. The van der Waals surface area contributed by atoms with Crippen LogP contribution in [0.5, 0.6) is 0 Å². The van der Waals surface area contributed by atoms with E-state index in [4.69, 9.17) is 21.4 Å². The Kier molecular flexibility index (Phi) is 4.04. The first-order valence-electron chi connectivity index (χ1n) is 5.78. The standard InChI is InChI=1S/C12H15ClN2O3/c1-18-8-3-2-4-15(7-8)11-5-9(12(16)17)10(13)6-14-11/h5-6,8H,2-4,7H2,1H3,(H,16,17). The Morgan fingerprint density at radius 2 is 2.44 bits per heavy atom. The number of hydrogen-bond donors (Lipinski definition) is 1. The zero-order chi connectivity index (χ0) is 13.1. The average molecular weight is 271 g/mol. The first kappa shape index (κ1) is 13.1. The fraction of sp³-hybridized carbons (Fsp3) is 0.500. The summed E-state index contributed by atoms with van der Waals surface area (Å²) >= 11 is 5.80. The van der Waals surface area contributed by atoms with Gasteiger partial charge in [-0.3, -0.25) is 0 Å². The molecule has 1 aliphatic heterocycles. The van der Waals surface area contributed by atoms with Gasteiger partial charge in [-0.1, -0.05) is 11.6 Å². The third kappa shape index (κ3) is 2.73. The Balaban J connectivity index is 2.22. The molecule has 0 amide bonds. The SMILES string of the molecule is COC1CCCN(c2cc(C(=O)O)c(Cl)cn2)C1. The summed E-state index contributed by atoms with van der Waals surface area (Å²) in [6.45, 7) is 1.58. The molecule has 0 spiro atoms. The van der Waals surface area contributed by atoms with Gasteiger partial charge in [-0.05, 0) is 18.9 Å². The number of aromatic nitrogens is 1. The molecule has 0 radical (unpaired) electrons. The van der Waals surface area contributed by atoms with Crippen LogP contribution in [0, 0.1) is 0 Å². The maximum absolute atomic E-state index is 11.0. The van der Waals surface area contributed by atoms with Crippen molar-refractivity contribution in [3.05, 3.63) is 22.8 Å². The average Bonchev–Trinajstić information content (AvgIpc) is 2.39. The van der Waals surface area contributed by atoms with Gasteiger partial charge in [0.25, 0.3) is 0 Å². The van der Waals surface area contributed by atoms with E-state index in [0.717, 1.165) is 25.9 Å². The van der Waals surface area contributed by atoms with Crippen LogP contribution in [0.15, 0.2) is 12.3 Å². The number of carboxylic acid groups (broad SMARTS) is 1. The number of pyridine rings is 1. The van der Waals surface area contributed by atoms with Gasteiger partial charge in [0.15, 0.2) is 0 Å². The third-order valence-electron chi connectivity index (χ3n) is 3.11. The number of methoxy groups -OCH3 is 1. The molecule has 1 aromatic heterocycles. The lowest BCUT2D eigenvalue weighted by atomic mass is 10.1. The van der Waals surface area contributed by atoms with Gasteiger partial charge in [-0.15, -0.1) is 0 Å². The van der Waals surface area contributed by atoms with Crippen LogP contribution in [0.3, 0.4) is 0 Å². The topological polar surface area (TPSA) is 62.7 Å². The molecule has 2 heterocycles. The fourth-order valence-electron chi connectivity index (χ4n) is 2.10. The van der Waals surface area contributed by atoms with Crippen LogP contribution >= 0.6 is 11.6 Å².